The molecule has 3 rings (SSSR count). The summed E-state index contributed by atoms with van der Waals surface area (Å²) in [5.41, 5.74) is 2.16. The summed E-state index contributed by atoms with van der Waals surface area (Å²) in [7, 11) is 0. The van der Waals surface area contributed by atoms with E-state index in [0.29, 0.717) is 18.8 Å². The zero-order valence-corrected chi connectivity index (χ0v) is 11.1. The lowest BCUT2D eigenvalue weighted by atomic mass is 9.99. The lowest BCUT2D eigenvalue weighted by Gasteiger charge is -2.30. The summed E-state index contributed by atoms with van der Waals surface area (Å²) in [6.07, 6.45) is 0.787. The number of phenolic OH excluding ortho intramolecular Hbond substituents is 1. The van der Waals surface area contributed by atoms with Crippen LogP contribution in [0.15, 0.2) is 18.2 Å². The van der Waals surface area contributed by atoms with Crippen molar-refractivity contribution in [2.45, 2.75) is 19.0 Å². The molecule has 19 heavy (non-hydrogen) atoms. The Hall–Kier alpha value is -1.69. The molecule has 1 unspecified atom stereocenters. The van der Waals surface area contributed by atoms with Crippen LogP contribution in [0, 0.1) is 0 Å². The van der Waals surface area contributed by atoms with Crippen LogP contribution in [0.4, 0.5) is 4.79 Å². The number of nitrogens with one attached hydrogen (secondary N) is 1. The molecule has 1 atom stereocenters. The number of rotatable bonds is 1. The Morgan fingerprint density at radius 2 is 2.26 bits per heavy atom. The zero-order chi connectivity index (χ0) is 13.4. The van der Waals surface area contributed by atoms with E-state index in [-0.39, 0.29) is 16.9 Å². The van der Waals surface area contributed by atoms with E-state index in [4.69, 9.17) is 0 Å². The van der Waals surface area contributed by atoms with Crippen LogP contribution in [0.3, 0.4) is 0 Å². The Morgan fingerprint density at radius 1 is 1.42 bits per heavy atom. The molecule has 1 aromatic rings. The zero-order valence-electron chi connectivity index (χ0n) is 10.3. The largest absolute Gasteiger partial charge is 0.508 e. The minimum absolute atomic E-state index is 0.0349. The molecule has 0 bridgehead atoms. The van der Waals surface area contributed by atoms with Crippen molar-refractivity contribution in [3.63, 3.8) is 0 Å². The van der Waals surface area contributed by atoms with Gasteiger partial charge >= 0.3 is 0 Å². The van der Waals surface area contributed by atoms with E-state index >= 15 is 0 Å². The highest BCUT2D eigenvalue weighted by atomic mass is 32.2. The number of fused-ring (bicyclic) bond motifs is 1. The van der Waals surface area contributed by atoms with Crippen LogP contribution in [0.5, 0.6) is 5.75 Å². The molecular weight excluding hydrogens is 264 g/mol. The Bertz CT molecular complexity index is 547. The van der Waals surface area contributed by atoms with Crippen molar-refractivity contribution in [2.24, 2.45) is 0 Å². The van der Waals surface area contributed by atoms with Crippen LogP contribution >= 0.6 is 11.8 Å². The Kier molecular flexibility index (Phi) is 3.10. The highest BCUT2D eigenvalue weighted by Crippen LogP contribution is 2.24. The van der Waals surface area contributed by atoms with Gasteiger partial charge in [0.15, 0.2) is 0 Å². The van der Waals surface area contributed by atoms with E-state index in [2.05, 4.69) is 5.32 Å². The minimum Gasteiger partial charge on any atom is -0.508 e. The van der Waals surface area contributed by atoms with Gasteiger partial charge in [0.1, 0.15) is 11.8 Å². The van der Waals surface area contributed by atoms with E-state index in [1.54, 1.807) is 17.0 Å². The molecule has 2 aliphatic heterocycles. The topological polar surface area (TPSA) is 69.6 Å². The number of hydrogen-bond acceptors (Lipinski definition) is 4. The number of nitrogens with zero attached hydrogens (tertiary/aromatic N) is 1. The molecule has 1 saturated heterocycles. The molecule has 5 nitrogen and oxygen atoms in total. The molecule has 1 aromatic carbocycles. The van der Waals surface area contributed by atoms with Gasteiger partial charge in [-0.15, -0.1) is 0 Å². The molecule has 0 saturated carbocycles. The van der Waals surface area contributed by atoms with E-state index in [0.717, 1.165) is 23.7 Å². The number of amides is 2. The number of thioether (sulfide) groups is 1. The van der Waals surface area contributed by atoms with Crippen LogP contribution in [-0.2, 0) is 17.8 Å². The third kappa shape index (κ3) is 2.40. The second-order valence-corrected chi connectivity index (χ2v) is 5.75. The van der Waals surface area contributed by atoms with Crippen LogP contribution in [-0.4, -0.2) is 39.5 Å². The summed E-state index contributed by atoms with van der Waals surface area (Å²) in [4.78, 5) is 25.2. The van der Waals surface area contributed by atoms with Gasteiger partial charge in [-0.2, -0.15) is 0 Å². The minimum atomic E-state index is -0.406. The Labute approximate surface area is 115 Å². The van der Waals surface area contributed by atoms with Crippen molar-refractivity contribution in [3.8, 4) is 5.75 Å². The lowest BCUT2D eigenvalue weighted by Crippen LogP contribution is -2.47. The maximum absolute atomic E-state index is 12.3. The second-order valence-electron chi connectivity index (χ2n) is 4.76. The summed E-state index contributed by atoms with van der Waals surface area (Å²) in [5, 5.41) is 12.0. The number of benzene rings is 1. The average molecular weight is 278 g/mol. The Balaban J connectivity index is 1.74. The first-order valence-corrected chi connectivity index (χ1v) is 7.15. The predicted molar refractivity (Wildman–Crippen MR) is 72.0 cm³/mol. The molecule has 6 heteroatoms. The highest BCUT2D eigenvalue weighted by molar-refractivity contribution is 8.14. The summed E-state index contributed by atoms with van der Waals surface area (Å²) in [6.45, 7) is 1.16. The van der Waals surface area contributed by atoms with Crippen molar-refractivity contribution in [1.29, 1.82) is 0 Å². The number of phenols is 1. The molecule has 0 spiro atoms. The molecule has 0 aliphatic carbocycles. The SMILES string of the molecule is O=C1NC(C(=O)N2CCc3ccc(O)cc3C2)CS1. The van der Waals surface area contributed by atoms with Crippen LogP contribution in [0.2, 0.25) is 0 Å². The van der Waals surface area contributed by atoms with Crippen LogP contribution < -0.4 is 5.32 Å². The summed E-state index contributed by atoms with van der Waals surface area (Å²) >= 11 is 1.15. The number of aromatic hydroxyl groups is 1. The highest BCUT2D eigenvalue weighted by Gasteiger charge is 2.32. The predicted octanol–water partition coefficient (Wildman–Crippen LogP) is 1.10. The fraction of sp³-hybridized carbons (Fsp3) is 0.385. The maximum Gasteiger partial charge on any atom is 0.279 e. The van der Waals surface area contributed by atoms with E-state index in [1.807, 2.05) is 6.07 Å². The molecule has 0 radical (unpaired) electrons. The third-order valence-electron chi connectivity index (χ3n) is 3.49. The molecule has 1 fully saturated rings. The number of hydrogen-bond donors (Lipinski definition) is 2. The van der Waals surface area contributed by atoms with Gasteiger partial charge in [-0.3, -0.25) is 9.59 Å². The first-order chi connectivity index (χ1) is 9.13. The molecule has 2 aliphatic rings. The first-order valence-electron chi connectivity index (χ1n) is 6.16. The van der Waals surface area contributed by atoms with Gasteiger partial charge in [0.2, 0.25) is 5.91 Å². The lowest BCUT2D eigenvalue weighted by molar-refractivity contribution is -0.133. The average Bonchev–Trinajstić information content (AvgIpc) is 2.83. The number of carbonyl (C=O) groups is 2. The molecule has 0 aromatic heterocycles. The van der Waals surface area contributed by atoms with Gasteiger partial charge in [-0.1, -0.05) is 17.8 Å². The van der Waals surface area contributed by atoms with Crippen molar-refractivity contribution < 1.29 is 14.7 Å². The van der Waals surface area contributed by atoms with E-state index in [9.17, 15) is 14.7 Å². The fourth-order valence-electron chi connectivity index (χ4n) is 2.47. The van der Waals surface area contributed by atoms with Gasteiger partial charge in [-0.05, 0) is 29.7 Å². The molecular formula is C13H14N2O3S. The van der Waals surface area contributed by atoms with Crippen molar-refractivity contribution in [2.75, 3.05) is 12.3 Å². The molecule has 2 amide bonds. The number of carbonyl (C=O) groups excluding carboxylic acids is 2. The standard InChI is InChI=1S/C13H14N2O3S/c16-10-2-1-8-3-4-15(6-9(8)5-10)12(17)11-7-19-13(18)14-11/h1-2,5,11,16H,3-4,6-7H2,(H,14,18). The van der Waals surface area contributed by atoms with Crippen molar-refractivity contribution >= 4 is 22.9 Å². The van der Waals surface area contributed by atoms with Crippen molar-refractivity contribution in [1.82, 2.24) is 10.2 Å². The molecule has 100 valence electrons. The van der Waals surface area contributed by atoms with Crippen LogP contribution in [0.25, 0.3) is 0 Å². The molecule has 2 N–H and O–H groups in total. The second kappa shape index (κ2) is 4.77. The Morgan fingerprint density at radius 3 is 3.00 bits per heavy atom. The fourth-order valence-corrected chi connectivity index (χ4v) is 3.24. The summed E-state index contributed by atoms with van der Waals surface area (Å²) in [6, 6.07) is 4.87. The van der Waals surface area contributed by atoms with Crippen molar-refractivity contribution in [3.05, 3.63) is 29.3 Å². The summed E-state index contributed by atoms with van der Waals surface area (Å²) < 4.78 is 0. The van der Waals surface area contributed by atoms with Gasteiger partial charge in [0.05, 0.1) is 0 Å². The van der Waals surface area contributed by atoms with Gasteiger partial charge in [-0.25, -0.2) is 0 Å². The quantitative estimate of drug-likeness (QED) is 0.807. The van der Waals surface area contributed by atoms with E-state index in [1.165, 1.54) is 5.56 Å². The maximum atomic E-state index is 12.3. The van der Waals surface area contributed by atoms with E-state index < -0.39 is 6.04 Å². The summed E-state index contributed by atoms with van der Waals surface area (Å²) in [5.74, 6) is 0.686. The smallest absolute Gasteiger partial charge is 0.279 e. The van der Waals surface area contributed by atoms with Gasteiger partial charge in [0.25, 0.3) is 5.24 Å². The monoisotopic (exact) mass is 278 g/mol. The molecule has 2 heterocycles. The first kappa shape index (κ1) is 12.3. The van der Waals surface area contributed by atoms with Crippen LogP contribution in [0.1, 0.15) is 11.1 Å². The third-order valence-corrected chi connectivity index (χ3v) is 4.37. The van der Waals surface area contributed by atoms with Gasteiger partial charge in [0, 0.05) is 18.8 Å². The normalized spacial score (nSPS) is 22.0. The van der Waals surface area contributed by atoms with Gasteiger partial charge < -0.3 is 15.3 Å².